The van der Waals surface area contributed by atoms with Crippen molar-refractivity contribution in [3.05, 3.63) is 53.5 Å². The number of aryl methyl sites for hydroxylation is 1. The first-order valence-corrected chi connectivity index (χ1v) is 8.72. The molecule has 2 rings (SSSR count). The predicted octanol–water partition coefficient (Wildman–Crippen LogP) is 3.48. The molecule has 1 aromatic heterocycles. The maximum atomic E-state index is 11.9. The fraction of sp³-hybridized carbons (Fsp3) is 0.353. The standard InChI is InChI=1S/C17H22N2O3S/c1-12-4-9-15(22-12)17(2,21)11-18-16(20)19-14-7-5-13(6-8-14)10-23-3/h4-9,21H,10-11H2,1-3H3,(H2,18,19,20). The highest BCUT2D eigenvalue weighted by Crippen LogP contribution is 2.22. The zero-order valence-corrected chi connectivity index (χ0v) is 14.4. The molecule has 1 heterocycles. The quantitative estimate of drug-likeness (QED) is 0.756. The average Bonchev–Trinajstić information content (AvgIpc) is 2.95. The Kier molecular flexibility index (Phi) is 5.74. The Labute approximate surface area is 140 Å². The van der Waals surface area contributed by atoms with Gasteiger partial charge in [-0.15, -0.1) is 0 Å². The highest BCUT2D eigenvalue weighted by atomic mass is 32.2. The molecule has 1 atom stereocenters. The summed E-state index contributed by atoms with van der Waals surface area (Å²) in [6, 6.07) is 10.8. The van der Waals surface area contributed by atoms with Crippen LogP contribution in [0.4, 0.5) is 10.5 Å². The van der Waals surface area contributed by atoms with Gasteiger partial charge in [-0.3, -0.25) is 0 Å². The van der Waals surface area contributed by atoms with E-state index in [9.17, 15) is 9.90 Å². The van der Waals surface area contributed by atoms with E-state index in [4.69, 9.17) is 4.42 Å². The number of aliphatic hydroxyl groups is 1. The molecule has 124 valence electrons. The third kappa shape index (κ3) is 5.04. The molecule has 0 saturated heterocycles. The van der Waals surface area contributed by atoms with E-state index >= 15 is 0 Å². The van der Waals surface area contributed by atoms with E-state index in [0.29, 0.717) is 11.4 Å². The number of hydrogen-bond acceptors (Lipinski definition) is 4. The number of benzene rings is 1. The largest absolute Gasteiger partial charge is 0.463 e. The van der Waals surface area contributed by atoms with Crippen LogP contribution in [0.3, 0.4) is 0 Å². The first-order valence-electron chi connectivity index (χ1n) is 7.33. The summed E-state index contributed by atoms with van der Waals surface area (Å²) >= 11 is 1.75. The molecule has 0 aliphatic rings. The predicted molar refractivity (Wildman–Crippen MR) is 93.7 cm³/mol. The summed E-state index contributed by atoms with van der Waals surface area (Å²) in [4.78, 5) is 11.9. The monoisotopic (exact) mass is 334 g/mol. The van der Waals surface area contributed by atoms with Crippen LogP contribution in [-0.4, -0.2) is 23.9 Å². The fourth-order valence-electron chi connectivity index (χ4n) is 2.09. The minimum absolute atomic E-state index is 0.0519. The van der Waals surface area contributed by atoms with Gasteiger partial charge in [0.15, 0.2) is 0 Å². The van der Waals surface area contributed by atoms with Gasteiger partial charge in [0, 0.05) is 11.4 Å². The number of urea groups is 1. The maximum Gasteiger partial charge on any atom is 0.319 e. The Bertz CT molecular complexity index is 650. The summed E-state index contributed by atoms with van der Waals surface area (Å²) < 4.78 is 5.41. The summed E-state index contributed by atoms with van der Waals surface area (Å²) in [5.74, 6) is 2.09. The van der Waals surface area contributed by atoms with Crippen molar-refractivity contribution in [3.63, 3.8) is 0 Å². The van der Waals surface area contributed by atoms with Gasteiger partial charge < -0.3 is 20.2 Å². The van der Waals surface area contributed by atoms with Gasteiger partial charge in [0.2, 0.25) is 0 Å². The zero-order chi connectivity index (χ0) is 16.9. The number of carbonyl (C=O) groups excluding carboxylic acids is 1. The van der Waals surface area contributed by atoms with Gasteiger partial charge in [-0.2, -0.15) is 11.8 Å². The van der Waals surface area contributed by atoms with E-state index in [0.717, 1.165) is 11.5 Å². The molecule has 0 aliphatic carbocycles. The number of rotatable bonds is 6. The van der Waals surface area contributed by atoms with E-state index < -0.39 is 5.60 Å². The minimum atomic E-state index is -1.26. The van der Waals surface area contributed by atoms with Crippen molar-refractivity contribution in [2.24, 2.45) is 0 Å². The van der Waals surface area contributed by atoms with Gasteiger partial charge in [0.25, 0.3) is 0 Å². The lowest BCUT2D eigenvalue weighted by Gasteiger charge is -2.21. The number of amides is 2. The number of nitrogens with one attached hydrogen (secondary N) is 2. The lowest BCUT2D eigenvalue weighted by atomic mass is 10.0. The molecular weight excluding hydrogens is 312 g/mol. The Hall–Kier alpha value is -1.92. The molecule has 2 aromatic rings. The minimum Gasteiger partial charge on any atom is -0.463 e. The fourth-order valence-corrected chi connectivity index (χ4v) is 2.62. The molecule has 1 unspecified atom stereocenters. The third-order valence-corrected chi connectivity index (χ3v) is 4.01. The van der Waals surface area contributed by atoms with Crippen LogP contribution in [0, 0.1) is 6.92 Å². The zero-order valence-electron chi connectivity index (χ0n) is 13.6. The molecule has 0 spiro atoms. The molecule has 6 heteroatoms. The number of furan rings is 1. The van der Waals surface area contributed by atoms with Gasteiger partial charge in [-0.05, 0) is 49.9 Å². The molecule has 23 heavy (non-hydrogen) atoms. The van der Waals surface area contributed by atoms with E-state index in [1.165, 1.54) is 5.56 Å². The number of thioether (sulfide) groups is 1. The van der Waals surface area contributed by atoms with Gasteiger partial charge in [-0.25, -0.2) is 4.79 Å². The summed E-state index contributed by atoms with van der Waals surface area (Å²) in [5, 5.41) is 15.8. The Morgan fingerprint density at radius 1 is 1.26 bits per heavy atom. The van der Waals surface area contributed by atoms with Crippen LogP contribution in [0.25, 0.3) is 0 Å². The summed E-state index contributed by atoms with van der Waals surface area (Å²) in [5.41, 5.74) is 0.661. The molecule has 0 radical (unpaired) electrons. The van der Waals surface area contributed by atoms with E-state index in [1.807, 2.05) is 30.5 Å². The molecule has 1 aromatic carbocycles. The SMILES string of the molecule is CSCc1ccc(NC(=O)NCC(C)(O)c2ccc(C)o2)cc1. The number of carbonyl (C=O) groups is 1. The molecule has 0 aliphatic heterocycles. The van der Waals surface area contributed by atoms with E-state index in [-0.39, 0.29) is 12.6 Å². The molecule has 0 bridgehead atoms. The summed E-state index contributed by atoms with van der Waals surface area (Å²) in [7, 11) is 0. The van der Waals surface area contributed by atoms with E-state index in [1.54, 1.807) is 37.7 Å². The maximum absolute atomic E-state index is 11.9. The van der Waals surface area contributed by atoms with Gasteiger partial charge in [-0.1, -0.05) is 12.1 Å². The Morgan fingerprint density at radius 2 is 1.96 bits per heavy atom. The third-order valence-electron chi connectivity index (χ3n) is 3.39. The highest BCUT2D eigenvalue weighted by Gasteiger charge is 2.27. The molecule has 0 fully saturated rings. The van der Waals surface area contributed by atoms with Crippen molar-refractivity contribution >= 4 is 23.5 Å². The summed E-state index contributed by atoms with van der Waals surface area (Å²) in [6.07, 6.45) is 2.05. The van der Waals surface area contributed by atoms with Crippen LogP contribution >= 0.6 is 11.8 Å². The first kappa shape index (κ1) is 17.4. The van der Waals surface area contributed by atoms with Crippen molar-refractivity contribution in [1.82, 2.24) is 5.32 Å². The molecule has 3 N–H and O–H groups in total. The second kappa shape index (κ2) is 7.57. The highest BCUT2D eigenvalue weighted by molar-refractivity contribution is 7.97. The molecule has 2 amide bonds. The van der Waals surface area contributed by atoms with Gasteiger partial charge in [0.1, 0.15) is 17.1 Å². The van der Waals surface area contributed by atoms with E-state index in [2.05, 4.69) is 10.6 Å². The Morgan fingerprint density at radius 3 is 2.52 bits per heavy atom. The van der Waals surface area contributed by atoms with Crippen LogP contribution in [0.15, 0.2) is 40.8 Å². The van der Waals surface area contributed by atoms with Crippen molar-refractivity contribution in [3.8, 4) is 0 Å². The van der Waals surface area contributed by atoms with Crippen LogP contribution in [0.5, 0.6) is 0 Å². The van der Waals surface area contributed by atoms with Crippen molar-refractivity contribution in [2.75, 3.05) is 18.1 Å². The molecular formula is C17H22N2O3S. The average molecular weight is 334 g/mol. The first-order chi connectivity index (χ1) is 10.9. The smallest absolute Gasteiger partial charge is 0.319 e. The lowest BCUT2D eigenvalue weighted by molar-refractivity contribution is 0.0364. The second-order valence-electron chi connectivity index (χ2n) is 5.62. The summed E-state index contributed by atoms with van der Waals surface area (Å²) in [6.45, 7) is 3.46. The van der Waals surface area contributed by atoms with Crippen LogP contribution in [0.2, 0.25) is 0 Å². The van der Waals surface area contributed by atoms with Crippen LogP contribution in [0.1, 0.15) is 24.0 Å². The lowest BCUT2D eigenvalue weighted by Crippen LogP contribution is -2.40. The topological polar surface area (TPSA) is 74.5 Å². The normalized spacial score (nSPS) is 13.4. The van der Waals surface area contributed by atoms with Crippen LogP contribution < -0.4 is 10.6 Å². The second-order valence-corrected chi connectivity index (χ2v) is 6.49. The number of hydrogen-bond donors (Lipinski definition) is 3. The van der Waals surface area contributed by atoms with Crippen molar-refractivity contribution in [1.29, 1.82) is 0 Å². The number of anilines is 1. The van der Waals surface area contributed by atoms with Gasteiger partial charge in [0.05, 0.1) is 6.54 Å². The van der Waals surface area contributed by atoms with Crippen LogP contribution in [-0.2, 0) is 11.4 Å². The molecule has 0 saturated carbocycles. The van der Waals surface area contributed by atoms with Crippen molar-refractivity contribution < 1.29 is 14.3 Å². The van der Waals surface area contributed by atoms with Gasteiger partial charge >= 0.3 is 6.03 Å². The Balaban J connectivity index is 1.87. The molecule has 5 nitrogen and oxygen atoms in total. The van der Waals surface area contributed by atoms with Crippen molar-refractivity contribution in [2.45, 2.75) is 25.2 Å².